The van der Waals surface area contributed by atoms with Crippen molar-refractivity contribution in [3.05, 3.63) is 29.3 Å². The Kier molecular flexibility index (Phi) is 3.24. The summed E-state index contributed by atoms with van der Waals surface area (Å²) in [6.45, 7) is 2.13. The molecule has 1 aromatic rings. The minimum atomic E-state index is 0.00579. The highest BCUT2D eigenvalue weighted by atomic mass is 16.2. The van der Waals surface area contributed by atoms with Gasteiger partial charge in [-0.25, -0.2) is 0 Å². The molecule has 2 aliphatic rings. The van der Waals surface area contributed by atoms with Gasteiger partial charge >= 0.3 is 0 Å². The van der Waals surface area contributed by atoms with Gasteiger partial charge in [0.15, 0.2) is 0 Å². The van der Waals surface area contributed by atoms with Gasteiger partial charge in [0.05, 0.1) is 0 Å². The Bertz CT molecular complexity index is 556. The molecule has 1 aromatic carbocycles. The van der Waals surface area contributed by atoms with Gasteiger partial charge in [-0.1, -0.05) is 6.92 Å². The predicted octanol–water partition coefficient (Wildman–Crippen LogP) is 2.63. The first-order chi connectivity index (χ1) is 9.62. The van der Waals surface area contributed by atoms with Crippen LogP contribution in [-0.2, 0) is 11.2 Å². The van der Waals surface area contributed by atoms with E-state index >= 15 is 0 Å². The molecule has 1 fully saturated rings. The van der Waals surface area contributed by atoms with Gasteiger partial charge in [0.1, 0.15) is 0 Å². The van der Waals surface area contributed by atoms with Gasteiger partial charge in [0.2, 0.25) is 5.91 Å². The fourth-order valence-electron chi connectivity index (χ4n) is 3.01. The molecule has 0 radical (unpaired) electrons. The van der Waals surface area contributed by atoms with E-state index in [-0.39, 0.29) is 17.4 Å². The Balaban J connectivity index is 1.77. The Morgan fingerprint density at radius 3 is 2.80 bits per heavy atom. The third-order valence-electron chi connectivity index (χ3n) is 4.63. The zero-order valence-corrected chi connectivity index (χ0v) is 11.8. The number of amides is 2. The molecular weight excluding hydrogens is 252 g/mol. The van der Waals surface area contributed by atoms with Crippen LogP contribution in [0, 0.1) is 0 Å². The number of fused-ring (bicyclic) bond motifs is 1. The van der Waals surface area contributed by atoms with Crippen LogP contribution in [0.4, 0.5) is 5.69 Å². The van der Waals surface area contributed by atoms with Crippen molar-refractivity contribution in [2.24, 2.45) is 0 Å². The van der Waals surface area contributed by atoms with Crippen molar-refractivity contribution in [1.29, 1.82) is 0 Å². The molecule has 2 N–H and O–H groups in total. The molecule has 2 amide bonds. The number of aryl methyl sites for hydroxylation is 1. The monoisotopic (exact) mass is 272 g/mol. The summed E-state index contributed by atoms with van der Waals surface area (Å²) in [6, 6.07) is 5.54. The summed E-state index contributed by atoms with van der Waals surface area (Å²) in [6.07, 6.45) is 5.55. The SMILES string of the molecule is CCC1(NC(=O)c2ccc3c(c2)CCC(=O)N3)CCC1. The summed E-state index contributed by atoms with van der Waals surface area (Å²) < 4.78 is 0. The summed E-state index contributed by atoms with van der Waals surface area (Å²) in [5, 5.41) is 6.02. The molecule has 0 unspecified atom stereocenters. The van der Waals surface area contributed by atoms with Crippen LogP contribution in [0.2, 0.25) is 0 Å². The molecule has 1 aliphatic heterocycles. The van der Waals surface area contributed by atoms with E-state index in [4.69, 9.17) is 0 Å². The van der Waals surface area contributed by atoms with Crippen molar-refractivity contribution in [2.45, 2.75) is 51.0 Å². The molecule has 20 heavy (non-hydrogen) atoms. The number of anilines is 1. The van der Waals surface area contributed by atoms with Gasteiger partial charge in [-0.15, -0.1) is 0 Å². The minimum absolute atomic E-state index is 0.00579. The number of hydrogen-bond donors (Lipinski definition) is 2. The maximum atomic E-state index is 12.4. The van der Waals surface area contributed by atoms with Crippen LogP contribution < -0.4 is 10.6 Å². The van der Waals surface area contributed by atoms with Crippen molar-refractivity contribution in [2.75, 3.05) is 5.32 Å². The molecule has 1 aliphatic carbocycles. The molecule has 106 valence electrons. The second kappa shape index (κ2) is 4.93. The fraction of sp³-hybridized carbons (Fsp3) is 0.500. The predicted molar refractivity (Wildman–Crippen MR) is 77.7 cm³/mol. The van der Waals surface area contributed by atoms with E-state index in [9.17, 15) is 9.59 Å². The molecule has 1 heterocycles. The maximum absolute atomic E-state index is 12.4. The van der Waals surface area contributed by atoms with E-state index in [1.54, 1.807) is 6.07 Å². The van der Waals surface area contributed by atoms with E-state index in [0.717, 1.165) is 30.5 Å². The van der Waals surface area contributed by atoms with Crippen molar-refractivity contribution in [3.63, 3.8) is 0 Å². The third-order valence-corrected chi connectivity index (χ3v) is 4.63. The number of rotatable bonds is 3. The Morgan fingerprint density at radius 2 is 2.15 bits per heavy atom. The number of nitrogens with one attached hydrogen (secondary N) is 2. The second-order valence-corrected chi connectivity index (χ2v) is 5.86. The number of carbonyl (C=O) groups is 2. The normalized spacial score (nSPS) is 19.6. The summed E-state index contributed by atoms with van der Waals surface area (Å²) in [5.41, 5.74) is 2.60. The van der Waals surface area contributed by atoms with Gasteiger partial charge in [-0.05, 0) is 55.9 Å². The van der Waals surface area contributed by atoms with Crippen LogP contribution in [-0.4, -0.2) is 17.4 Å². The third kappa shape index (κ3) is 2.30. The molecule has 0 saturated heterocycles. The zero-order valence-electron chi connectivity index (χ0n) is 11.8. The van der Waals surface area contributed by atoms with E-state index in [1.165, 1.54) is 6.42 Å². The Hall–Kier alpha value is -1.84. The molecule has 4 nitrogen and oxygen atoms in total. The average Bonchev–Trinajstić information content (AvgIpc) is 2.42. The minimum Gasteiger partial charge on any atom is -0.347 e. The van der Waals surface area contributed by atoms with Gasteiger partial charge in [0.25, 0.3) is 5.91 Å². The topological polar surface area (TPSA) is 58.2 Å². The van der Waals surface area contributed by atoms with Crippen LogP contribution in [0.5, 0.6) is 0 Å². The lowest BCUT2D eigenvalue weighted by molar-refractivity contribution is -0.116. The molecule has 0 atom stereocenters. The first kappa shape index (κ1) is 13.2. The summed E-state index contributed by atoms with van der Waals surface area (Å²) >= 11 is 0. The molecule has 0 bridgehead atoms. The van der Waals surface area contributed by atoms with Crippen molar-refractivity contribution in [3.8, 4) is 0 Å². The second-order valence-electron chi connectivity index (χ2n) is 5.86. The molecule has 3 rings (SSSR count). The molecule has 1 saturated carbocycles. The molecule has 0 aromatic heterocycles. The first-order valence-corrected chi connectivity index (χ1v) is 7.37. The highest BCUT2D eigenvalue weighted by Crippen LogP contribution is 2.35. The Morgan fingerprint density at radius 1 is 1.35 bits per heavy atom. The fourth-order valence-corrected chi connectivity index (χ4v) is 3.01. The van der Waals surface area contributed by atoms with Crippen LogP contribution in [0.15, 0.2) is 18.2 Å². The van der Waals surface area contributed by atoms with Crippen molar-refractivity contribution < 1.29 is 9.59 Å². The molecule has 4 heteroatoms. The average molecular weight is 272 g/mol. The van der Waals surface area contributed by atoms with E-state index in [0.29, 0.717) is 18.4 Å². The standard InChI is InChI=1S/C16H20N2O2/c1-2-16(8-3-9-16)18-15(20)12-4-6-13-11(10-12)5-7-14(19)17-13/h4,6,10H,2-3,5,7-9H2,1H3,(H,17,19)(H,18,20). The first-order valence-electron chi connectivity index (χ1n) is 7.37. The van der Waals surface area contributed by atoms with Crippen LogP contribution in [0.3, 0.4) is 0 Å². The Labute approximate surface area is 118 Å². The summed E-state index contributed by atoms with van der Waals surface area (Å²) in [4.78, 5) is 23.7. The van der Waals surface area contributed by atoms with Crippen LogP contribution in [0.1, 0.15) is 54.9 Å². The zero-order chi connectivity index (χ0) is 14.2. The molecule has 0 spiro atoms. The molecular formula is C16H20N2O2. The smallest absolute Gasteiger partial charge is 0.251 e. The highest BCUT2D eigenvalue weighted by molar-refractivity contribution is 5.98. The van der Waals surface area contributed by atoms with Crippen molar-refractivity contribution >= 4 is 17.5 Å². The van der Waals surface area contributed by atoms with E-state index in [1.807, 2.05) is 12.1 Å². The summed E-state index contributed by atoms with van der Waals surface area (Å²) in [7, 11) is 0. The lowest BCUT2D eigenvalue weighted by atomic mass is 9.74. The van der Waals surface area contributed by atoms with Crippen molar-refractivity contribution in [1.82, 2.24) is 5.32 Å². The lowest BCUT2D eigenvalue weighted by Gasteiger charge is -2.42. The van der Waals surface area contributed by atoms with Crippen LogP contribution >= 0.6 is 0 Å². The number of benzene rings is 1. The summed E-state index contributed by atoms with van der Waals surface area (Å²) in [5.74, 6) is 0.0559. The van der Waals surface area contributed by atoms with E-state index < -0.39 is 0 Å². The van der Waals surface area contributed by atoms with Gasteiger partial charge in [-0.2, -0.15) is 0 Å². The lowest BCUT2D eigenvalue weighted by Crippen LogP contribution is -2.53. The maximum Gasteiger partial charge on any atom is 0.251 e. The number of carbonyl (C=O) groups excluding carboxylic acids is 2. The van der Waals surface area contributed by atoms with E-state index in [2.05, 4.69) is 17.6 Å². The van der Waals surface area contributed by atoms with Crippen LogP contribution in [0.25, 0.3) is 0 Å². The number of hydrogen-bond acceptors (Lipinski definition) is 2. The highest BCUT2D eigenvalue weighted by Gasteiger charge is 2.36. The quantitative estimate of drug-likeness (QED) is 0.888. The van der Waals surface area contributed by atoms with Gasteiger partial charge in [-0.3, -0.25) is 9.59 Å². The van der Waals surface area contributed by atoms with Gasteiger partial charge < -0.3 is 10.6 Å². The largest absolute Gasteiger partial charge is 0.347 e. The van der Waals surface area contributed by atoms with Gasteiger partial charge in [0, 0.05) is 23.2 Å².